The first-order valence-corrected chi connectivity index (χ1v) is 9.86. The number of nitrogens with one attached hydrogen (secondary N) is 1. The van der Waals surface area contributed by atoms with Crippen molar-refractivity contribution >= 4 is 23.6 Å². The quantitative estimate of drug-likeness (QED) is 0.510. The molecule has 1 N–H and O–H groups in total. The Kier molecular flexibility index (Phi) is 4.87. The third-order valence-electron chi connectivity index (χ3n) is 4.95. The molecular formula is C24H18N6O. The maximum Gasteiger partial charge on any atom is 0.342 e. The standard InChI is InChI=1S/C24H18N6O/c31-24(30-22(13-15-27-30)19-7-2-1-3-8-19)28-20-9-4-6-18(16-20)11-12-21-17-25-23-10-5-14-26-29(21)23/h1-10,14-17,22H,13H2,(H,28,31)/t22-/m1/s1. The Balaban J connectivity index is 1.33. The summed E-state index contributed by atoms with van der Waals surface area (Å²) >= 11 is 0. The van der Waals surface area contributed by atoms with E-state index < -0.39 is 0 Å². The van der Waals surface area contributed by atoms with Crippen LogP contribution in [0.2, 0.25) is 0 Å². The van der Waals surface area contributed by atoms with Gasteiger partial charge in [0.2, 0.25) is 0 Å². The summed E-state index contributed by atoms with van der Waals surface area (Å²) in [6.45, 7) is 0. The van der Waals surface area contributed by atoms with E-state index in [1.807, 2.05) is 66.7 Å². The molecule has 0 fully saturated rings. The lowest BCUT2D eigenvalue weighted by molar-refractivity contribution is 0.200. The highest BCUT2D eigenvalue weighted by molar-refractivity contribution is 5.91. The van der Waals surface area contributed by atoms with Crippen LogP contribution in [-0.2, 0) is 0 Å². The molecule has 7 nitrogen and oxygen atoms in total. The summed E-state index contributed by atoms with van der Waals surface area (Å²) in [6, 6.07) is 20.6. The van der Waals surface area contributed by atoms with E-state index in [1.54, 1.807) is 23.1 Å². The molecule has 31 heavy (non-hydrogen) atoms. The van der Waals surface area contributed by atoms with E-state index in [-0.39, 0.29) is 12.1 Å². The molecule has 2 amide bonds. The van der Waals surface area contributed by atoms with Crippen LogP contribution >= 0.6 is 0 Å². The van der Waals surface area contributed by atoms with E-state index >= 15 is 0 Å². The van der Waals surface area contributed by atoms with Crippen molar-refractivity contribution < 1.29 is 4.79 Å². The molecule has 0 radical (unpaired) electrons. The fourth-order valence-electron chi connectivity index (χ4n) is 3.47. The number of imidazole rings is 1. The van der Waals surface area contributed by atoms with E-state index in [2.05, 4.69) is 32.3 Å². The van der Waals surface area contributed by atoms with Crippen molar-refractivity contribution in [3.63, 3.8) is 0 Å². The average molecular weight is 406 g/mol. The molecule has 0 saturated heterocycles. The number of hydrogen-bond acceptors (Lipinski definition) is 4. The molecule has 0 aliphatic carbocycles. The highest BCUT2D eigenvalue weighted by Gasteiger charge is 2.28. The van der Waals surface area contributed by atoms with Gasteiger partial charge >= 0.3 is 6.03 Å². The van der Waals surface area contributed by atoms with Gasteiger partial charge in [0.25, 0.3) is 0 Å². The molecule has 5 rings (SSSR count). The second kappa shape index (κ2) is 8.13. The molecule has 150 valence electrons. The first kappa shape index (κ1) is 18.6. The Bertz CT molecular complexity index is 1330. The molecule has 1 atom stereocenters. The van der Waals surface area contributed by atoms with Crippen molar-refractivity contribution in [3.05, 3.63) is 95.9 Å². The first-order valence-electron chi connectivity index (χ1n) is 9.86. The van der Waals surface area contributed by atoms with Gasteiger partial charge in [-0.3, -0.25) is 0 Å². The van der Waals surface area contributed by atoms with Crippen LogP contribution in [0.1, 0.15) is 29.3 Å². The van der Waals surface area contributed by atoms with Crippen LogP contribution in [0.15, 0.2) is 84.2 Å². The van der Waals surface area contributed by atoms with Crippen molar-refractivity contribution in [1.82, 2.24) is 19.6 Å². The maximum atomic E-state index is 12.8. The molecule has 3 heterocycles. The van der Waals surface area contributed by atoms with Crippen molar-refractivity contribution in [2.45, 2.75) is 12.5 Å². The van der Waals surface area contributed by atoms with E-state index in [1.165, 1.54) is 5.01 Å². The van der Waals surface area contributed by atoms with Crippen LogP contribution in [0.4, 0.5) is 10.5 Å². The third-order valence-corrected chi connectivity index (χ3v) is 4.95. The van der Waals surface area contributed by atoms with Gasteiger partial charge in [0.05, 0.1) is 12.2 Å². The minimum atomic E-state index is -0.279. The molecule has 7 heteroatoms. The molecule has 0 saturated carbocycles. The maximum absolute atomic E-state index is 12.8. The second-order valence-corrected chi connectivity index (χ2v) is 7.00. The van der Waals surface area contributed by atoms with Gasteiger partial charge in [-0.25, -0.2) is 19.3 Å². The molecule has 1 aliphatic heterocycles. The van der Waals surface area contributed by atoms with Gasteiger partial charge in [-0.05, 0) is 41.8 Å². The summed E-state index contributed by atoms with van der Waals surface area (Å²) in [6.07, 6.45) is 5.84. The largest absolute Gasteiger partial charge is 0.342 e. The van der Waals surface area contributed by atoms with Gasteiger partial charge in [-0.2, -0.15) is 10.2 Å². The SMILES string of the molecule is O=C(Nc1cccc(C#Cc2cnc3cccnn23)c1)N1N=CC[C@@H]1c1ccccc1. The van der Waals surface area contributed by atoms with Crippen LogP contribution in [-0.4, -0.2) is 31.9 Å². The number of amides is 2. The minimum Gasteiger partial charge on any atom is -0.306 e. The van der Waals surface area contributed by atoms with Gasteiger partial charge in [-0.15, -0.1) is 0 Å². The molecule has 0 spiro atoms. The fourth-order valence-corrected chi connectivity index (χ4v) is 3.47. The van der Waals surface area contributed by atoms with E-state index in [0.717, 1.165) is 16.8 Å². The Hall–Kier alpha value is -4.44. The fraction of sp³-hybridized carbons (Fsp3) is 0.0833. The summed E-state index contributed by atoms with van der Waals surface area (Å²) < 4.78 is 1.69. The molecule has 1 aliphatic rings. The highest BCUT2D eigenvalue weighted by atomic mass is 16.2. The number of carbonyl (C=O) groups excluding carboxylic acids is 1. The zero-order valence-electron chi connectivity index (χ0n) is 16.5. The average Bonchev–Trinajstić information content (AvgIpc) is 3.46. The number of hydrogen-bond donors (Lipinski definition) is 1. The number of urea groups is 1. The number of hydrazone groups is 1. The van der Waals surface area contributed by atoms with Crippen molar-refractivity contribution in [2.75, 3.05) is 5.32 Å². The van der Waals surface area contributed by atoms with Crippen molar-refractivity contribution in [1.29, 1.82) is 0 Å². The van der Waals surface area contributed by atoms with E-state index in [4.69, 9.17) is 0 Å². The summed E-state index contributed by atoms with van der Waals surface area (Å²) in [4.78, 5) is 17.1. The smallest absolute Gasteiger partial charge is 0.306 e. The highest BCUT2D eigenvalue weighted by Crippen LogP contribution is 2.28. The lowest BCUT2D eigenvalue weighted by Gasteiger charge is -2.22. The number of fused-ring (bicyclic) bond motifs is 1. The van der Waals surface area contributed by atoms with Crippen LogP contribution in [0.5, 0.6) is 0 Å². The van der Waals surface area contributed by atoms with Crippen molar-refractivity contribution in [3.8, 4) is 11.8 Å². The molecular weight excluding hydrogens is 388 g/mol. The molecule has 2 aromatic carbocycles. The van der Waals surface area contributed by atoms with Gasteiger partial charge in [0.1, 0.15) is 5.69 Å². The minimum absolute atomic E-state index is 0.105. The lowest BCUT2D eigenvalue weighted by atomic mass is 10.1. The van der Waals surface area contributed by atoms with Crippen LogP contribution in [0, 0.1) is 11.8 Å². The number of carbonyl (C=O) groups is 1. The van der Waals surface area contributed by atoms with E-state index in [9.17, 15) is 4.79 Å². The zero-order chi connectivity index (χ0) is 21.0. The predicted molar refractivity (Wildman–Crippen MR) is 119 cm³/mol. The van der Waals surface area contributed by atoms with Gasteiger partial charge in [0, 0.05) is 30.1 Å². The third kappa shape index (κ3) is 3.87. The second-order valence-electron chi connectivity index (χ2n) is 7.00. The Morgan fingerprint density at radius 1 is 1.03 bits per heavy atom. The number of rotatable bonds is 2. The zero-order valence-corrected chi connectivity index (χ0v) is 16.5. The summed E-state index contributed by atoms with van der Waals surface area (Å²) in [7, 11) is 0. The lowest BCUT2D eigenvalue weighted by Crippen LogP contribution is -2.31. The number of aromatic nitrogens is 3. The number of benzene rings is 2. The molecule has 2 aromatic heterocycles. The Labute approximate surface area is 179 Å². The van der Waals surface area contributed by atoms with Crippen LogP contribution in [0.3, 0.4) is 0 Å². The molecule has 0 unspecified atom stereocenters. The Morgan fingerprint density at radius 2 is 1.94 bits per heavy atom. The van der Waals surface area contributed by atoms with Gasteiger partial charge < -0.3 is 5.32 Å². The van der Waals surface area contributed by atoms with E-state index in [0.29, 0.717) is 17.8 Å². The first-order chi connectivity index (χ1) is 15.3. The summed E-state index contributed by atoms with van der Waals surface area (Å²) in [5.74, 6) is 6.20. The van der Waals surface area contributed by atoms with Gasteiger partial charge in [0.15, 0.2) is 5.65 Å². The number of nitrogens with zero attached hydrogens (tertiary/aromatic N) is 5. The molecule has 0 bridgehead atoms. The predicted octanol–water partition coefficient (Wildman–Crippen LogP) is 4.09. The normalized spacial score (nSPS) is 15.0. The summed E-state index contributed by atoms with van der Waals surface area (Å²) in [5, 5.41) is 12.9. The summed E-state index contributed by atoms with van der Waals surface area (Å²) in [5.41, 5.74) is 3.92. The monoisotopic (exact) mass is 406 g/mol. The van der Waals surface area contributed by atoms with Crippen molar-refractivity contribution in [2.24, 2.45) is 5.10 Å². The Morgan fingerprint density at radius 3 is 2.84 bits per heavy atom. The molecule has 4 aromatic rings. The number of anilines is 1. The van der Waals surface area contributed by atoms with Gasteiger partial charge in [-0.1, -0.05) is 42.3 Å². The van der Waals surface area contributed by atoms with Crippen LogP contribution < -0.4 is 5.32 Å². The van der Waals surface area contributed by atoms with Crippen LogP contribution in [0.25, 0.3) is 5.65 Å². The topological polar surface area (TPSA) is 74.9 Å².